The lowest BCUT2D eigenvalue weighted by Gasteiger charge is -2.08. The Hall–Kier alpha value is -1.16. The van der Waals surface area contributed by atoms with Crippen LogP contribution in [0.2, 0.25) is 5.02 Å². The predicted molar refractivity (Wildman–Crippen MR) is 48.3 cm³/mol. The van der Waals surface area contributed by atoms with E-state index in [1.54, 1.807) is 0 Å². The van der Waals surface area contributed by atoms with Gasteiger partial charge in [-0.15, -0.1) is 0 Å². The molecule has 0 aliphatic heterocycles. The average Bonchev–Trinajstić information content (AvgIpc) is 2.16. The molecule has 0 radical (unpaired) electrons. The van der Waals surface area contributed by atoms with Crippen molar-refractivity contribution < 1.29 is 18.3 Å². The number of hydrogen-bond acceptors (Lipinski definition) is 2. The Morgan fingerprint density at radius 2 is 2.14 bits per heavy atom. The first-order valence-corrected chi connectivity index (χ1v) is 4.10. The fourth-order valence-electron chi connectivity index (χ4n) is 1.02. The zero-order chi connectivity index (χ0) is 10.7. The van der Waals surface area contributed by atoms with Gasteiger partial charge in [-0.25, -0.2) is 8.78 Å². The molecule has 0 bridgehead atoms. The molecule has 0 spiro atoms. The molecule has 0 heterocycles. The first-order chi connectivity index (χ1) is 6.57. The van der Waals surface area contributed by atoms with Crippen molar-refractivity contribution in [2.24, 2.45) is 0 Å². The van der Waals surface area contributed by atoms with Crippen LogP contribution in [0.3, 0.4) is 0 Å². The molecule has 0 unspecified atom stereocenters. The van der Waals surface area contributed by atoms with Crippen molar-refractivity contribution in [2.75, 3.05) is 7.11 Å². The third kappa shape index (κ3) is 2.01. The van der Waals surface area contributed by atoms with Crippen molar-refractivity contribution in [2.45, 2.75) is 6.43 Å². The number of carbonyl (C=O) groups is 1. The molecule has 76 valence electrons. The van der Waals surface area contributed by atoms with E-state index in [-0.39, 0.29) is 16.3 Å². The van der Waals surface area contributed by atoms with Gasteiger partial charge in [-0.1, -0.05) is 17.7 Å². The van der Waals surface area contributed by atoms with Crippen LogP contribution in [0.15, 0.2) is 18.2 Å². The molecule has 0 aromatic heterocycles. The van der Waals surface area contributed by atoms with Gasteiger partial charge in [0, 0.05) is 0 Å². The van der Waals surface area contributed by atoms with E-state index in [1.165, 1.54) is 25.3 Å². The quantitative estimate of drug-likeness (QED) is 0.733. The summed E-state index contributed by atoms with van der Waals surface area (Å²) in [7, 11) is 1.29. The molecule has 0 atom stereocenters. The fraction of sp³-hybridized carbons (Fsp3) is 0.222. The highest BCUT2D eigenvalue weighted by atomic mass is 35.5. The fourth-order valence-corrected chi connectivity index (χ4v) is 1.28. The van der Waals surface area contributed by atoms with Crippen LogP contribution in [0.25, 0.3) is 0 Å². The zero-order valence-electron chi connectivity index (χ0n) is 7.26. The van der Waals surface area contributed by atoms with E-state index < -0.39 is 12.2 Å². The number of ketones is 1. The number of alkyl halides is 2. The minimum atomic E-state index is -3.08. The van der Waals surface area contributed by atoms with E-state index in [0.717, 1.165) is 0 Å². The minimum Gasteiger partial charge on any atom is -0.496 e. The van der Waals surface area contributed by atoms with Crippen LogP contribution in [0.4, 0.5) is 8.78 Å². The highest BCUT2D eigenvalue weighted by molar-refractivity contribution is 6.34. The van der Waals surface area contributed by atoms with E-state index in [4.69, 9.17) is 16.3 Å². The number of ether oxygens (including phenoxy) is 1. The first-order valence-electron chi connectivity index (χ1n) is 3.72. The molecular weight excluding hydrogens is 214 g/mol. The van der Waals surface area contributed by atoms with Crippen molar-refractivity contribution in [3.05, 3.63) is 28.8 Å². The lowest BCUT2D eigenvalue weighted by atomic mass is 10.1. The van der Waals surface area contributed by atoms with E-state index in [0.29, 0.717) is 0 Å². The smallest absolute Gasteiger partial charge is 0.300 e. The summed E-state index contributed by atoms with van der Waals surface area (Å²) in [5.41, 5.74) is -0.272. The number of rotatable bonds is 3. The second-order valence-electron chi connectivity index (χ2n) is 2.48. The van der Waals surface area contributed by atoms with E-state index >= 15 is 0 Å². The summed E-state index contributed by atoms with van der Waals surface area (Å²) >= 11 is 5.61. The lowest BCUT2D eigenvalue weighted by molar-refractivity contribution is 0.0675. The van der Waals surface area contributed by atoms with Crippen LogP contribution in [0.1, 0.15) is 10.4 Å². The summed E-state index contributed by atoms with van der Waals surface area (Å²) in [6.45, 7) is 0. The number of methoxy groups -OCH3 is 1. The molecule has 1 aromatic rings. The summed E-state index contributed by atoms with van der Waals surface area (Å²) < 4.78 is 29.1. The van der Waals surface area contributed by atoms with E-state index in [9.17, 15) is 13.6 Å². The van der Waals surface area contributed by atoms with Crippen LogP contribution < -0.4 is 4.74 Å². The molecule has 0 N–H and O–H groups in total. The molecular formula is C9H7ClF2O2. The van der Waals surface area contributed by atoms with Crippen LogP contribution in [0, 0.1) is 0 Å². The van der Waals surface area contributed by atoms with E-state index in [1.807, 2.05) is 0 Å². The Balaban J connectivity index is 3.23. The molecule has 14 heavy (non-hydrogen) atoms. The maximum absolute atomic E-state index is 12.1. The minimum absolute atomic E-state index is 0.0327. The summed E-state index contributed by atoms with van der Waals surface area (Å²) in [6.07, 6.45) is -3.08. The molecule has 0 saturated heterocycles. The van der Waals surface area contributed by atoms with Crippen molar-refractivity contribution in [1.82, 2.24) is 0 Å². The van der Waals surface area contributed by atoms with E-state index in [2.05, 4.69) is 0 Å². The predicted octanol–water partition coefficient (Wildman–Crippen LogP) is 2.80. The highest BCUT2D eigenvalue weighted by Gasteiger charge is 2.24. The van der Waals surface area contributed by atoms with Gasteiger partial charge in [0.15, 0.2) is 0 Å². The van der Waals surface area contributed by atoms with Gasteiger partial charge in [0.05, 0.1) is 17.7 Å². The molecule has 2 nitrogen and oxygen atoms in total. The zero-order valence-corrected chi connectivity index (χ0v) is 8.02. The Labute approximate surface area is 84.4 Å². The molecule has 0 fully saturated rings. The first kappa shape index (κ1) is 10.9. The van der Waals surface area contributed by atoms with Gasteiger partial charge < -0.3 is 4.74 Å². The number of Topliss-reactive ketones (excluding diaryl/α,β-unsaturated/α-hetero) is 1. The maximum Gasteiger partial charge on any atom is 0.300 e. The Morgan fingerprint density at radius 1 is 1.50 bits per heavy atom. The number of hydrogen-bond donors (Lipinski definition) is 0. The molecule has 0 saturated carbocycles. The Bertz CT molecular complexity index is 353. The average molecular weight is 221 g/mol. The van der Waals surface area contributed by atoms with Gasteiger partial charge >= 0.3 is 6.43 Å². The number of benzene rings is 1. The summed E-state index contributed by atoms with van der Waals surface area (Å²) in [6, 6.07) is 4.28. The molecule has 0 amide bonds. The van der Waals surface area contributed by atoms with Crippen LogP contribution in [-0.4, -0.2) is 19.3 Å². The van der Waals surface area contributed by atoms with Crippen LogP contribution in [0.5, 0.6) is 5.75 Å². The second-order valence-corrected chi connectivity index (χ2v) is 2.89. The Kier molecular flexibility index (Phi) is 3.41. The Morgan fingerprint density at radius 3 is 2.64 bits per heavy atom. The van der Waals surface area contributed by atoms with Crippen molar-refractivity contribution in [3.8, 4) is 5.75 Å². The number of halogens is 3. The van der Waals surface area contributed by atoms with Gasteiger partial charge in [-0.2, -0.15) is 0 Å². The number of carbonyl (C=O) groups excluding carboxylic acids is 1. The topological polar surface area (TPSA) is 26.3 Å². The molecule has 0 aliphatic rings. The molecule has 1 rings (SSSR count). The lowest BCUT2D eigenvalue weighted by Crippen LogP contribution is -2.12. The summed E-state index contributed by atoms with van der Waals surface area (Å²) in [5, 5.41) is -0.0327. The van der Waals surface area contributed by atoms with Crippen molar-refractivity contribution >= 4 is 17.4 Å². The van der Waals surface area contributed by atoms with Crippen LogP contribution in [-0.2, 0) is 0 Å². The van der Waals surface area contributed by atoms with Gasteiger partial charge in [0.1, 0.15) is 5.75 Å². The summed E-state index contributed by atoms with van der Waals surface area (Å²) in [4.78, 5) is 11.0. The summed E-state index contributed by atoms with van der Waals surface area (Å²) in [5.74, 6) is -1.27. The third-order valence-corrected chi connectivity index (χ3v) is 1.95. The molecule has 1 aromatic carbocycles. The van der Waals surface area contributed by atoms with Gasteiger partial charge in [-0.05, 0) is 12.1 Å². The highest BCUT2D eigenvalue weighted by Crippen LogP contribution is 2.28. The van der Waals surface area contributed by atoms with Gasteiger partial charge in [0.2, 0.25) is 5.78 Å². The standard InChI is InChI=1S/C9H7ClF2O2/c1-14-6-4-2-3-5(10)7(6)8(13)9(11)12/h2-4,9H,1H3. The largest absolute Gasteiger partial charge is 0.496 e. The van der Waals surface area contributed by atoms with Crippen molar-refractivity contribution in [3.63, 3.8) is 0 Å². The van der Waals surface area contributed by atoms with Crippen molar-refractivity contribution in [1.29, 1.82) is 0 Å². The maximum atomic E-state index is 12.1. The second kappa shape index (κ2) is 4.37. The normalized spacial score (nSPS) is 10.4. The molecule has 0 aliphatic carbocycles. The molecule has 5 heteroatoms. The third-order valence-electron chi connectivity index (χ3n) is 1.64. The van der Waals surface area contributed by atoms with Gasteiger partial charge in [-0.3, -0.25) is 4.79 Å². The van der Waals surface area contributed by atoms with Gasteiger partial charge in [0.25, 0.3) is 0 Å². The monoisotopic (exact) mass is 220 g/mol. The SMILES string of the molecule is COc1cccc(Cl)c1C(=O)C(F)F. The van der Waals surface area contributed by atoms with Crippen LogP contribution >= 0.6 is 11.6 Å².